The lowest BCUT2D eigenvalue weighted by molar-refractivity contribution is 0.0926. The van der Waals surface area contributed by atoms with Crippen LogP contribution in [0.5, 0.6) is 0 Å². The molecule has 1 aromatic carbocycles. The van der Waals surface area contributed by atoms with Crippen molar-refractivity contribution in [1.29, 1.82) is 0 Å². The van der Waals surface area contributed by atoms with Crippen LogP contribution in [-0.4, -0.2) is 32.1 Å². The fourth-order valence-electron chi connectivity index (χ4n) is 2.14. The van der Waals surface area contributed by atoms with E-state index in [9.17, 15) is 9.18 Å². The maximum absolute atomic E-state index is 13.9. The van der Waals surface area contributed by atoms with Crippen LogP contribution in [-0.2, 0) is 4.74 Å². The average Bonchev–Trinajstić information content (AvgIpc) is 2.38. The number of anilines is 1. The second kappa shape index (κ2) is 5.27. The molecular formula is C13H16FNO2. The zero-order chi connectivity index (χ0) is 12.3. The van der Waals surface area contributed by atoms with Gasteiger partial charge < -0.3 is 9.64 Å². The number of carbonyl (C=O) groups is 1. The summed E-state index contributed by atoms with van der Waals surface area (Å²) in [5, 5.41) is 0. The van der Waals surface area contributed by atoms with Crippen molar-refractivity contribution < 1.29 is 13.9 Å². The normalized spacial score (nSPS) is 20.4. The average molecular weight is 237 g/mol. The smallest absolute Gasteiger partial charge is 0.150 e. The predicted molar refractivity (Wildman–Crippen MR) is 64.0 cm³/mol. The second-order valence-corrected chi connectivity index (χ2v) is 4.16. The van der Waals surface area contributed by atoms with Gasteiger partial charge >= 0.3 is 0 Å². The molecule has 1 fully saturated rings. The Bertz CT molecular complexity index is 408. The third-order valence-electron chi connectivity index (χ3n) is 3.12. The molecule has 1 aliphatic heterocycles. The zero-order valence-electron chi connectivity index (χ0n) is 9.86. The number of nitrogens with zero attached hydrogens (tertiary/aromatic N) is 1. The van der Waals surface area contributed by atoms with Crippen LogP contribution in [0.25, 0.3) is 0 Å². The van der Waals surface area contributed by atoms with Gasteiger partial charge in [-0.15, -0.1) is 0 Å². The molecule has 0 aliphatic carbocycles. The molecule has 0 radical (unpaired) electrons. The lowest BCUT2D eigenvalue weighted by atomic mass is 10.1. The minimum Gasteiger partial charge on any atom is -0.377 e. The van der Waals surface area contributed by atoms with Gasteiger partial charge in [-0.3, -0.25) is 4.79 Å². The lowest BCUT2D eigenvalue weighted by Gasteiger charge is -2.37. The molecule has 0 aromatic heterocycles. The van der Waals surface area contributed by atoms with Crippen molar-refractivity contribution in [2.24, 2.45) is 0 Å². The maximum atomic E-state index is 13.9. The number of hydrogen-bond acceptors (Lipinski definition) is 3. The van der Waals surface area contributed by atoms with Gasteiger partial charge in [0.1, 0.15) is 12.1 Å². The van der Waals surface area contributed by atoms with Crippen molar-refractivity contribution in [1.82, 2.24) is 0 Å². The number of carbonyl (C=O) groups excluding carboxylic acids is 1. The van der Waals surface area contributed by atoms with Gasteiger partial charge in [-0.05, 0) is 24.6 Å². The highest BCUT2D eigenvalue weighted by Gasteiger charge is 2.23. The molecule has 1 atom stereocenters. The summed E-state index contributed by atoms with van der Waals surface area (Å²) < 4.78 is 19.3. The highest BCUT2D eigenvalue weighted by molar-refractivity contribution is 5.76. The number of aldehydes is 1. The standard InChI is InChI=1S/C13H16FNO2/c1-2-11-9-17-6-5-15(11)13-4-3-10(8-16)7-12(13)14/h3-4,7-8,11H,2,5-6,9H2,1H3. The molecule has 0 spiro atoms. The van der Waals surface area contributed by atoms with E-state index in [1.54, 1.807) is 12.1 Å². The third kappa shape index (κ3) is 2.47. The van der Waals surface area contributed by atoms with Gasteiger partial charge in [0.15, 0.2) is 0 Å². The highest BCUT2D eigenvalue weighted by atomic mass is 19.1. The van der Waals surface area contributed by atoms with Crippen LogP contribution in [0.3, 0.4) is 0 Å². The summed E-state index contributed by atoms with van der Waals surface area (Å²) in [6, 6.07) is 4.81. The fourth-order valence-corrected chi connectivity index (χ4v) is 2.14. The van der Waals surface area contributed by atoms with Crippen molar-refractivity contribution in [3.8, 4) is 0 Å². The van der Waals surface area contributed by atoms with Gasteiger partial charge in [-0.2, -0.15) is 0 Å². The highest BCUT2D eigenvalue weighted by Crippen LogP contribution is 2.25. The van der Waals surface area contributed by atoms with Gasteiger partial charge in [0.2, 0.25) is 0 Å². The molecule has 0 amide bonds. The molecule has 92 valence electrons. The van der Waals surface area contributed by atoms with Crippen LogP contribution < -0.4 is 4.90 Å². The van der Waals surface area contributed by atoms with E-state index in [0.717, 1.165) is 6.42 Å². The van der Waals surface area contributed by atoms with Crippen LogP contribution in [0.1, 0.15) is 23.7 Å². The first-order valence-corrected chi connectivity index (χ1v) is 5.85. The molecule has 17 heavy (non-hydrogen) atoms. The molecule has 1 aliphatic rings. The van der Waals surface area contributed by atoms with Crippen molar-refractivity contribution >= 4 is 12.0 Å². The van der Waals surface area contributed by atoms with E-state index >= 15 is 0 Å². The summed E-state index contributed by atoms with van der Waals surface area (Å²) in [6.45, 7) is 4.00. The summed E-state index contributed by atoms with van der Waals surface area (Å²) >= 11 is 0. The predicted octanol–water partition coefficient (Wildman–Crippen LogP) is 2.25. The van der Waals surface area contributed by atoms with E-state index in [1.165, 1.54) is 6.07 Å². The quantitative estimate of drug-likeness (QED) is 0.755. The Labute approximate surface area is 100 Å². The number of ether oxygens (including phenoxy) is 1. The summed E-state index contributed by atoms with van der Waals surface area (Å²) in [5.41, 5.74) is 0.929. The lowest BCUT2D eigenvalue weighted by Crippen LogP contribution is -2.45. The number of halogens is 1. The van der Waals surface area contributed by atoms with Crippen molar-refractivity contribution in [3.63, 3.8) is 0 Å². The van der Waals surface area contributed by atoms with Gasteiger partial charge in [0.25, 0.3) is 0 Å². The summed E-state index contributed by atoms with van der Waals surface area (Å²) in [7, 11) is 0. The Balaban J connectivity index is 2.28. The van der Waals surface area contributed by atoms with E-state index in [2.05, 4.69) is 6.92 Å². The van der Waals surface area contributed by atoms with Crippen molar-refractivity contribution in [2.75, 3.05) is 24.7 Å². The van der Waals surface area contributed by atoms with Crippen LogP contribution in [0, 0.1) is 5.82 Å². The number of benzene rings is 1. The maximum Gasteiger partial charge on any atom is 0.150 e. The molecule has 1 aromatic rings. The molecule has 3 nitrogen and oxygen atoms in total. The monoisotopic (exact) mass is 237 g/mol. The first-order chi connectivity index (χ1) is 8.26. The minimum absolute atomic E-state index is 0.209. The van der Waals surface area contributed by atoms with Gasteiger partial charge in [0, 0.05) is 12.1 Å². The van der Waals surface area contributed by atoms with Crippen LogP contribution >= 0.6 is 0 Å². The largest absolute Gasteiger partial charge is 0.377 e. The molecule has 1 unspecified atom stereocenters. The first-order valence-electron chi connectivity index (χ1n) is 5.85. The molecule has 0 saturated carbocycles. The number of hydrogen-bond donors (Lipinski definition) is 0. The Morgan fingerprint density at radius 1 is 1.59 bits per heavy atom. The van der Waals surface area contributed by atoms with Crippen LogP contribution in [0.15, 0.2) is 18.2 Å². The Morgan fingerprint density at radius 2 is 2.41 bits per heavy atom. The molecule has 0 bridgehead atoms. The van der Waals surface area contributed by atoms with E-state index in [4.69, 9.17) is 4.74 Å². The van der Waals surface area contributed by atoms with Crippen LogP contribution in [0.4, 0.5) is 10.1 Å². The Kier molecular flexibility index (Phi) is 3.74. The van der Waals surface area contributed by atoms with Gasteiger partial charge in [-0.1, -0.05) is 6.92 Å². The molecular weight excluding hydrogens is 221 g/mol. The van der Waals surface area contributed by atoms with Crippen molar-refractivity contribution in [3.05, 3.63) is 29.6 Å². The molecule has 0 N–H and O–H groups in total. The van der Waals surface area contributed by atoms with E-state index < -0.39 is 0 Å². The number of morpholine rings is 1. The third-order valence-corrected chi connectivity index (χ3v) is 3.12. The topological polar surface area (TPSA) is 29.5 Å². The number of rotatable bonds is 3. The SMILES string of the molecule is CCC1COCCN1c1ccc(C=O)cc1F. The molecule has 2 rings (SSSR count). The minimum atomic E-state index is -0.338. The van der Waals surface area contributed by atoms with E-state index in [0.29, 0.717) is 37.3 Å². The summed E-state index contributed by atoms with van der Waals surface area (Å²) in [5.74, 6) is -0.338. The summed E-state index contributed by atoms with van der Waals surface area (Å²) in [6.07, 6.45) is 1.57. The Hall–Kier alpha value is -1.42. The first kappa shape index (κ1) is 12.0. The summed E-state index contributed by atoms with van der Waals surface area (Å²) in [4.78, 5) is 12.6. The fraction of sp³-hybridized carbons (Fsp3) is 0.462. The van der Waals surface area contributed by atoms with E-state index in [-0.39, 0.29) is 11.9 Å². The second-order valence-electron chi connectivity index (χ2n) is 4.16. The van der Waals surface area contributed by atoms with E-state index in [1.807, 2.05) is 4.90 Å². The van der Waals surface area contributed by atoms with Crippen molar-refractivity contribution in [2.45, 2.75) is 19.4 Å². The van der Waals surface area contributed by atoms with Gasteiger partial charge in [-0.25, -0.2) is 4.39 Å². The van der Waals surface area contributed by atoms with Gasteiger partial charge in [0.05, 0.1) is 24.9 Å². The van der Waals surface area contributed by atoms with Crippen LogP contribution in [0.2, 0.25) is 0 Å². The molecule has 1 heterocycles. The Morgan fingerprint density at radius 3 is 3.06 bits per heavy atom. The molecule has 1 saturated heterocycles. The molecule has 4 heteroatoms. The zero-order valence-corrected chi connectivity index (χ0v) is 9.86.